The van der Waals surface area contributed by atoms with Crippen LogP contribution in [0.1, 0.15) is 16.7 Å². The summed E-state index contributed by atoms with van der Waals surface area (Å²) in [6.07, 6.45) is 0. The van der Waals surface area contributed by atoms with E-state index in [-0.39, 0.29) is 0 Å². The highest BCUT2D eigenvalue weighted by Gasteiger charge is 2.08. The monoisotopic (exact) mass is 332 g/mol. The van der Waals surface area contributed by atoms with Gasteiger partial charge in [0.25, 0.3) is 0 Å². The van der Waals surface area contributed by atoms with E-state index in [4.69, 9.17) is 0 Å². The van der Waals surface area contributed by atoms with Crippen molar-refractivity contribution >= 4 is 21.6 Å². The molecule has 0 amide bonds. The van der Waals surface area contributed by atoms with Crippen LogP contribution in [0.5, 0.6) is 0 Å². The molecule has 0 aromatic heterocycles. The molecule has 2 rings (SSSR count). The van der Waals surface area contributed by atoms with Gasteiger partial charge in [0.2, 0.25) is 0 Å². The van der Waals surface area contributed by atoms with Gasteiger partial charge < -0.3 is 10.2 Å². The maximum atomic E-state index is 3.68. The second-order valence-corrected chi connectivity index (χ2v) is 5.95. The SMILES string of the molecule is CNCc1ccc(N(C)Cc2ccccc2C)c(Br)c1. The lowest BCUT2D eigenvalue weighted by Gasteiger charge is -2.22. The largest absolute Gasteiger partial charge is 0.369 e. The van der Waals surface area contributed by atoms with Crippen LogP contribution in [0.2, 0.25) is 0 Å². The summed E-state index contributed by atoms with van der Waals surface area (Å²) in [5, 5.41) is 3.17. The number of hydrogen-bond acceptors (Lipinski definition) is 2. The summed E-state index contributed by atoms with van der Waals surface area (Å²) in [7, 11) is 4.09. The van der Waals surface area contributed by atoms with Gasteiger partial charge in [0.05, 0.1) is 5.69 Å². The Morgan fingerprint density at radius 2 is 1.90 bits per heavy atom. The van der Waals surface area contributed by atoms with Gasteiger partial charge in [-0.3, -0.25) is 0 Å². The molecule has 0 aliphatic heterocycles. The van der Waals surface area contributed by atoms with Gasteiger partial charge in [-0.05, 0) is 58.7 Å². The minimum Gasteiger partial charge on any atom is -0.369 e. The van der Waals surface area contributed by atoms with Crippen molar-refractivity contribution in [3.8, 4) is 0 Å². The van der Waals surface area contributed by atoms with Gasteiger partial charge in [0.15, 0.2) is 0 Å². The van der Waals surface area contributed by atoms with Crippen molar-refractivity contribution in [3.05, 3.63) is 63.6 Å². The van der Waals surface area contributed by atoms with E-state index in [1.807, 2.05) is 7.05 Å². The summed E-state index contributed by atoms with van der Waals surface area (Å²) in [4.78, 5) is 2.27. The molecule has 106 valence electrons. The van der Waals surface area contributed by atoms with Crippen LogP contribution in [0.25, 0.3) is 0 Å². The lowest BCUT2D eigenvalue weighted by Crippen LogP contribution is -2.17. The highest BCUT2D eigenvalue weighted by atomic mass is 79.9. The fraction of sp³-hybridized carbons (Fsp3) is 0.294. The Kier molecular flexibility index (Phi) is 5.21. The van der Waals surface area contributed by atoms with Crippen LogP contribution >= 0.6 is 15.9 Å². The Bertz CT molecular complexity index is 581. The molecular formula is C17H21BrN2. The van der Waals surface area contributed by atoms with Crippen LogP contribution < -0.4 is 10.2 Å². The number of anilines is 1. The van der Waals surface area contributed by atoms with Gasteiger partial charge in [-0.25, -0.2) is 0 Å². The minimum absolute atomic E-state index is 0.889. The van der Waals surface area contributed by atoms with Crippen LogP contribution in [-0.2, 0) is 13.1 Å². The zero-order valence-electron chi connectivity index (χ0n) is 12.3. The minimum atomic E-state index is 0.889. The first-order valence-electron chi connectivity index (χ1n) is 6.80. The van der Waals surface area contributed by atoms with Crippen LogP contribution in [0.4, 0.5) is 5.69 Å². The molecule has 0 atom stereocenters. The van der Waals surface area contributed by atoms with E-state index in [2.05, 4.69) is 82.6 Å². The summed E-state index contributed by atoms with van der Waals surface area (Å²) >= 11 is 3.68. The lowest BCUT2D eigenvalue weighted by atomic mass is 10.1. The molecule has 2 nitrogen and oxygen atoms in total. The molecule has 0 radical (unpaired) electrons. The van der Waals surface area contributed by atoms with Gasteiger partial charge in [-0.1, -0.05) is 30.3 Å². The predicted molar refractivity (Wildman–Crippen MR) is 90.2 cm³/mol. The first-order chi connectivity index (χ1) is 9.61. The van der Waals surface area contributed by atoms with Gasteiger partial charge in [-0.2, -0.15) is 0 Å². The van der Waals surface area contributed by atoms with E-state index in [0.29, 0.717) is 0 Å². The summed E-state index contributed by atoms with van der Waals surface area (Å²) < 4.78 is 1.14. The van der Waals surface area contributed by atoms with Gasteiger partial charge in [0.1, 0.15) is 0 Å². The number of nitrogens with zero attached hydrogens (tertiary/aromatic N) is 1. The number of hydrogen-bond donors (Lipinski definition) is 1. The molecule has 20 heavy (non-hydrogen) atoms. The standard InChI is InChI=1S/C17H21BrN2/c1-13-6-4-5-7-15(13)12-20(3)17-9-8-14(11-19-2)10-16(17)18/h4-10,19H,11-12H2,1-3H3. The van der Waals surface area contributed by atoms with Crippen molar-refractivity contribution in [2.45, 2.75) is 20.0 Å². The van der Waals surface area contributed by atoms with Crippen molar-refractivity contribution in [2.24, 2.45) is 0 Å². The molecule has 0 aliphatic carbocycles. The first kappa shape index (κ1) is 15.1. The molecule has 0 fully saturated rings. The van der Waals surface area contributed by atoms with E-state index in [1.165, 1.54) is 22.4 Å². The van der Waals surface area contributed by atoms with E-state index >= 15 is 0 Å². The molecule has 0 aliphatic rings. The third kappa shape index (κ3) is 3.62. The van der Waals surface area contributed by atoms with E-state index < -0.39 is 0 Å². The predicted octanol–water partition coefficient (Wildman–Crippen LogP) is 4.11. The highest BCUT2D eigenvalue weighted by Crippen LogP contribution is 2.28. The zero-order valence-corrected chi connectivity index (χ0v) is 13.9. The van der Waals surface area contributed by atoms with Crippen molar-refractivity contribution in [1.82, 2.24) is 5.32 Å². The van der Waals surface area contributed by atoms with E-state index in [1.54, 1.807) is 0 Å². The number of aryl methyl sites for hydroxylation is 1. The fourth-order valence-corrected chi connectivity index (χ4v) is 3.03. The van der Waals surface area contributed by atoms with Crippen LogP contribution in [0.15, 0.2) is 46.9 Å². The maximum absolute atomic E-state index is 3.68. The van der Waals surface area contributed by atoms with Crippen LogP contribution in [0.3, 0.4) is 0 Å². The summed E-state index contributed by atoms with van der Waals surface area (Å²) in [6, 6.07) is 15.1. The van der Waals surface area contributed by atoms with Crippen molar-refractivity contribution in [2.75, 3.05) is 19.0 Å². The van der Waals surface area contributed by atoms with E-state index in [9.17, 15) is 0 Å². The Morgan fingerprint density at radius 3 is 2.55 bits per heavy atom. The van der Waals surface area contributed by atoms with Gasteiger partial charge in [0, 0.05) is 24.6 Å². The molecule has 1 N–H and O–H groups in total. The normalized spacial score (nSPS) is 10.6. The average molecular weight is 333 g/mol. The van der Waals surface area contributed by atoms with Gasteiger partial charge >= 0.3 is 0 Å². The second-order valence-electron chi connectivity index (χ2n) is 5.10. The topological polar surface area (TPSA) is 15.3 Å². The van der Waals surface area contributed by atoms with Crippen molar-refractivity contribution in [3.63, 3.8) is 0 Å². The van der Waals surface area contributed by atoms with Crippen LogP contribution in [0, 0.1) is 6.92 Å². The number of halogens is 1. The second kappa shape index (κ2) is 6.91. The molecule has 2 aromatic rings. The Hall–Kier alpha value is -1.32. The third-order valence-corrected chi connectivity index (χ3v) is 4.11. The molecule has 2 aromatic carbocycles. The molecular weight excluding hydrogens is 312 g/mol. The first-order valence-corrected chi connectivity index (χ1v) is 7.60. The molecule has 3 heteroatoms. The lowest BCUT2D eigenvalue weighted by molar-refractivity contribution is 0.816. The zero-order chi connectivity index (χ0) is 14.5. The van der Waals surface area contributed by atoms with Gasteiger partial charge in [-0.15, -0.1) is 0 Å². The molecule has 0 saturated carbocycles. The smallest absolute Gasteiger partial charge is 0.0511 e. The Morgan fingerprint density at radius 1 is 1.15 bits per heavy atom. The summed E-state index contributed by atoms with van der Waals surface area (Å²) in [5.41, 5.74) is 5.20. The number of rotatable bonds is 5. The quantitative estimate of drug-likeness (QED) is 0.886. The fourth-order valence-electron chi connectivity index (χ4n) is 2.30. The van der Waals surface area contributed by atoms with Crippen LogP contribution in [-0.4, -0.2) is 14.1 Å². The third-order valence-electron chi connectivity index (χ3n) is 3.47. The average Bonchev–Trinajstić information content (AvgIpc) is 2.42. The number of benzene rings is 2. The Balaban J connectivity index is 2.17. The molecule has 0 heterocycles. The molecule has 0 unspecified atom stereocenters. The molecule has 0 bridgehead atoms. The Labute approximate surface area is 129 Å². The summed E-state index contributed by atoms with van der Waals surface area (Å²) in [6.45, 7) is 3.96. The molecule has 0 spiro atoms. The molecule has 0 saturated heterocycles. The highest BCUT2D eigenvalue weighted by molar-refractivity contribution is 9.10. The maximum Gasteiger partial charge on any atom is 0.0511 e. The number of nitrogens with one attached hydrogen (secondary N) is 1. The van der Waals surface area contributed by atoms with Crippen molar-refractivity contribution in [1.29, 1.82) is 0 Å². The van der Waals surface area contributed by atoms with E-state index in [0.717, 1.165) is 17.6 Å². The van der Waals surface area contributed by atoms with Crippen molar-refractivity contribution < 1.29 is 0 Å². The summed E-state index contributed by atoms with van der Waals surface area (Å²) in [5.74, 6) is 0.